The number of carbonyl (C=O) groups excluding carboxylic acids is 1. The van der Waals surface area contributed by atoms with Crippen LogP contribution in [-0.2, 0) is 18.8 Å². The van der Waals surface area contributed by atoms with Gasteiger partial charge in [0.05, 0.1) is 29.2 Å². The third-order valence-electron chi connectivity index (χ3n) is 5.07. The van der Waals surface area contributed by atoms with E-state index >= 15 is 0 Å². The summed E-state index contributed by atoms with van der Waals surface area (Å²) in [5.41, 5.74) is -1.35. The van der Waals surface area contributed by atoms with Gasteiger partial charge in [0.25, 0.3) is 0 Å². The first-order chi connectivity index (χ1) is 12.4. The topological polar surface area (TPSA) is 70.1 Å². The van der Waals surface area contributed by atoms with Crippen LogP contribution in [0.3, 0.4) is 0 Å². The lowest BCUT2D eigenvalue weighted by molar-refractivity contribution is -0.0331. The van der Waals surface area contributed by atoms with Crippen LogP contribution in [-0.4, -0.2) is 59.7 Å². The predicted octanol–water partition coefficient (Wildman–Crippen LogP) is 2.75. The summed E-state index contributed by atoms with van der Waals surface area (Å²) in [5, 5.41) is 0.797. The van der Waals surface area contributed by atoms with E-state index < -0.39 is 23.9 Å². The van der Waals surface area contributed by atoms with Crippen molar-refractivity contribution >= 4 is 29.3 Å². The van der Waals surface area contributed by atoms with Crippen LogP contribution in [0.2, 0.25) is 0 Å². The van der Waals surface area contributed by atoms with Crippen LogP contribution in [0.4, 0.5) is 4.79 Å². The van der Waals surface area contributed by atoms with Crippen LogP contribution in [0.5, 0.6) is 0 Å². The molecular formula is C18H29BN2O5S. The van der Waals surface area contributed by atoms with Gasteiger partial charge in [-0.25, -0.2) is 9.78 Å². The molecule has 7 nitrogen and oxygen atoms in total. The summed E-state index contributed by atoms with van der Waals surface area (Å²) in [6, 6.07) is -0.269. The van der Waals surface area contributed by atoms with Crippen LogP contribution < -0.4 is 4.78 Å². The molecule has 0 saturated carbocycles. The number of hydrogen-bond donors (Lipinski definition) is 0. The van der Waals surface area contributed by atoms with Gasteiger partial charge in [0.2, 0.25) is 0 Å². The Hall–Kier alpha value is -1.16. The smallest absolute Gasteiger partial charge is 0.444 e. The summed E-state index contributed by atoms with van der Waals surface area (Å²) in [6.45, 7) is 15.0. The molecule has 0 aromatic carbocycles. The number of rotatable bonds is 2. The number of hydrogen-bond acceptors (Lipinski definition) is 7. The van der Waals surface area contributed by atoms with E-state index in [1.807, 2.05) is 48.5 Å². The van der Waals surface area contributed by atoms with Gasteiger partial charge < -0.3 is 18.8 Å². The van der Waals surface area contributed by atoms with E-state index in [1.165, 1.54) is 11.3 Å². The molecular weight excluding hydrogens is 367 g/mol. The lowest BCUT2D eigenvalue weighted by Gasteiger charge is -2.35. The molecule has 0 spiro atoms. The second kappa shape index (κ2) is 7.02. The Kier molecular flexibility index (Phi) is 5.35. The summed E-state index contributed by atoms with van der Waals surface area (Å²) in [7, 11) is -0.458. The highest BCUT2D eigenvalue weighted by Crippen LogP contribution is 2.37. The van der Waals surface area contributed by atoms with Crippen LogP contribution >= 0.6 is 11.3 Å². The molecule has 2 fully saturated rings. The molecule has 2 saturated heterocycles. The van der Waals surface area contributed by atoms with Gasteiger partial charge in [0.15, 0.2) is 0 Å². The number of nitrogens with zero attached hydrogens (tertiary/aromatic N) is 2. The molecule has 2 aliphatic rings. The molecule has 0 bridgehead atoms. The lowest BCUT2D eigenvalue weighted by Crippen LogP contribution is -2.45. The summed E-state index contributed by atoms with van der Waals surface area (Å²) in [4.78, 5) is 18.8. The summed E-state index contributed by atoms with van der Waals surface area (Å²) in [5.74, 6) is 0. The van der Waals surface area contributed by atoms with Crippen molar-refractivity contribution in [1.82, 2.24) is 9.88 Å². The first-order valence-electron chi connectivity index (χ1n) is 9.28. The number of aromatic nitrogens is 1. The van der Waals surface area contributed by atoms with E-state index in [0.717, 1.165) is 9.78 Å². The van der Waals surface area contributed by atoms with Crippen molar-refractivity contribution < 1.29 is 23.6 Å². The minimum Gasteiger partial charge on any atom is -0.444 e. The minimum absolute atomic E-state index is 0.269. The van der Waals surface area contributed by atoms with Crippen molar-refractivity contribution in [2.75, 3.05) is 19.8 Å². The molecule has 1 amide bonds. The highest BCUT2D eigenvalue weighted by molar-refractivity contribution is 7.22. The van der Waals surface area contributed by atoms with Gasteiger partial charge in [-0.2, -0.15) is 0 Å². The molecule has 1 atom stereocenters. The molecule has 0 radical (unpaired) electrons. The molecule has 1 unspecified atom stereocenters. The molecule has 9 heteroatoms. The van der Waals surface area contributed by atoms with Crippen molar-refractivity contribution in [3.63, 3.8) is 0 Å². The van der Waals surface area contributed by atoms with Gasteiger partial charge in [0.1, 0.15) is 16.7 Å². The lowest BCUT2D eigenvalue weighted by atomic mass is 9.89. The van der Waals surface area contributed by atoms with E-state index in [-0.39, 0.29) is 12.1 Å². The van der Waals surface area contributed by atoms with E-state index in [4.69, 9.17) is 18.8 Å². The number of amides is 1. The zero-order valence-corrected chi connectivity index (χ0v) is 18.0. The maximum Gasteiger partial charge on any atom is 0.507 e. The quantitative estimate of drug-likeness (QED) is 0.716. The minimum atomic E-state index is -0.545. The first kappa shape index (κ1) is 20.6. The monoisotopic (exact) mass is 396 g/mol. The maximum atomic E-state index is 12.6. The fourth-order valence-corrected chi connectivity index (χ4v) is 3.85. The Labute approximate surface area is 165 Å². The van der Waals surface area contributed by atoms with E-state index in [2.05, 4.69) is 4.98 Å². The maximum absolute atomic E-state index is 12.6. The SMILES string of the molecule is CC(C)(C)OC(=O)N1CCOCC1c1ncc(B2OC(C)(C)C(C)(C)O2)s1. The van der Waals surface area contributed by atoms with Crippen molar-refractivity contribution in [3.05, 3.63) is 11.2 Å². The highest BCUT2D eigenvalue weighted by atomic mass is 32.1. The molecule has 1 aromatic rings. The molecule has 150 valence electrons. The van der Waals surface area contributed by atoms with Crippen molar-refractivity contribution in [1.29, 1.82) is 0 Å². The fraction of sp³-hybridized carbons (Fsp3) is 0.778. The second-order valence-electron chi connectivity index (χ2n) is 8.95. The van der Waals surface area contributed by atoms with Crippen LogP contribution in [0, 0.1) is 0 Å². The summed E-state index contributed by atoms with van der Waals surface area (Å²) in [6.07, 6.45) is 1.42. The van der Waals surface area contributed by atoms with Crippen LogP contribution in [0.25, 0.3) is 0 Å². The first-order valence-corrected chi connectivity index (χ1v) is 10.1. The van der Waals surface area contributed by atoms with Crippen molar-refractivity contribution in [3.8, 4) is 0 Å². The molecule has 0 N–H and O–H groups in total. The highest BCUT2D eigenvalue weighted by Gasteiger charge is 2.52. The Morgan fingerprint density at radius 1 is 1.30 bits per heavy atom. The molecule has 27 heavy (non-hydrogen) atoms. The third kappa shape index (κ3) is 4.31. The summed E-state index contributed by atoms with van der Waals surface area (Å²) >= 11 is 1.49. The largest absolute Gasteiger partial charge is 0.507 e. The normalized spacial score (nSPS) is 24.9. The summed E-state index contributed by atoms with van der Waals surface area (Å²) < 4.78 is 24.2. The fourth-order valence-electron chi connectivity index (χ4n) is 2.87. The average molecular weight is 396 g/mol. The van der Waals surface area contributed by atoms with Gasteiger partial charge >= 0.3 is 13.2 Å². The van der Waals surface area contributed by atoms with E-state index in [9.17, 15) is 4.79 Å². The Balaban J connectivity index is 1.77. The zero-order chi connectivity index (χ0) is 20.0. The van der Waals surface area contributed by atoms with Gasteiger partial charge in [-0.05, 0) is 48.5 Å². The number of thiazole rings is 1. The second-order valence-corrected chi connectivity index (χ2v) is 10.0. The van der Waals surface area contributed by atoms with Crippen molar-refractivity contribution in [2.45, 2.75) is 71.3 Å². The Bertz CT molecular complexity index is 684. The van der Waals surface area contributed by atoms with E-state index in [0.29, 0.717) is 19.8 Å². The zero-order valence-electron chi connectivity index (χ0n) is 17.2. The number of morpholine rings is 1. The average Bonchev–Trinajstić information content (AvgIpc) is 3.09. The molecule has 3 rings (SSSR count). The molecule has 0 aliphatic carbocycles. The van der Waals surface area contributed by atoms with Gasteiger partial charge in [-0.3, -0.25) is 4.90 Å². The number of ether oxygens (including phenoxy) is 2. The molecule has 1 aromatic heterocycles. The third-order valence-corrected chi connectivity index (χ3v) is 6.19. The standard InChI is InChI=1S/C18H29BN2O5S/c1-16(2,3)24-15(22)21-8-9-23-11-12(21)14-20-10-13(27-14)19-25-17(4,5)18(6,7)26-19/h10,12H,8-9,11H2,1-7H3. The van der Waals surface area contributed by atoms with Crippen molar-refractivity contribution in [2.24, 2.45) is 0 Å². The van der Waals surface area contributed by atoms with Crippen LogP contribution in [0.1, 0.15) is 59.5 Å². The number of carbonyl (C=O) groups is 1. The Morgan fingerprint density at radius 2 is 1.93 bits per heavy atom. The predicted molar refractivity (Wildman–Crippen MR) is 104 cm³/mol. The molecule has 3 heterocycles. The van der Waals surface area contributed by atoms with Gasteiger partial charge in [-0.15, -0.1) is 11.3 Å². The van der Waals surface area contributed by atoms with Gasteiger partial charge in [0, 0.05) is 12.7 Å². The van der Waals surface area contributed by atoms with E-state index in [1.54, 1.807) is 11.1 Å². The van der Waals surface area contributed by atoms with Crippen LogP contribution in [0.15, 0.2) is 6.20 Å². The molecule has 2 aliphatic heterocycles. The Morgan fingerprint density at radius 3 is 2.52 bits per heavy atom. The van der Waals surface area contributed by atoms with Gasteiger partial charge in [-0.1, -0.05) is 0 Å².